The molecule has 0 fully saturated rings. The van der Waals surface area contributed by atoms with E-state index in [2.05, 4.69) is 50.1 Å². The van der Waals surface area contributed by atoms with Crippen molar-refractivity contribution in [1.29, 1.82) is 0 Å². The summed E-state index contributed by atoms with van der Waals surface area (Å²) in [5.41, 5.74) is 2.83. The molecule has 2 aromatic rings. The molecule has 29 heavy (non-hydrogen) atoms. The van der Waals surface area contributed by atoms with Gasteiger partial charge in [0.25, 0.3) is 0 Å². The van der Waals surface area contributed by atoms with Crippen molar-refractivity contribution in [1.82, 2.24) is 0 Å². The van der Waals surface area contributed by atoms with E-state index in [9.17, 15) is 4.79 Å². The van der Waals surface area contributed by atoms with Crippen molar-refractivity contribution < 1.29 is 19.0 Å². The van der Waals surface area contributed by atoms with Crippen LogP contribution >= 0.6 is 38.5 Å². The fourth-order valence-electron chi connectivity index (χ4n) is 2.68. The average Bonchev–Trinajstić information content (AvgIpc) is 3.04. The minimum Gasteiger partial charge on any atom is -0.490 e. The van der Waals surface area contributed by atoms with Crippen LogP contribution in [0.4, 0.5) is 0 Å². The van der Waals surface area contributed by atoms with Gasteiger partial charge in [-0.1, -0.05) is 12.7 Å². The van der Waals surface area contributed by atoms with Gasteiger partial charge in [0.2, 0.25) is 5.90 Å². The van der Waals surface area contributed by atoms with Crippen molar-refractivity contribution in [2.75, 3.05) is 13.2 Å². The topological polar surface area (TPSA) is 57.1 Å². The molecule has 1 aliphatic heterocycles. The first-order valence-electron chi connectivity index (χ1n) is 8.92. The largest absolute Gasteiger partial charge is 0.490 e. The zero-order valence-electron chi connectivity index (χ0n) is 16.0. The van der Waals surface area contributed by atoms with Crippen LogP contribution in [-0.4, -0.2) is 25.1 Å². The van der Waals surface area contributed by atoms with Gasteiger partial charge in [-0.05, 0) is 99.9 Å². The molecule has 0 bridgehead atoms. The second-order valence-corrected chi connectivity index (χ2v) is 8.18. The SMILES string of the molecule is C=CCOc1c(Br)cc(/C=C2\N=C(c3ccc(I)c(C)c3)OC2=O)cc1OCC. The summed E-state index contributed by atoms with van der Waals surface area (Å²) in [5, 5.41) is 0. The van der Waals surface area contributed by atoms with Crippen molar-refractivity contribution in [3.63, 3.8) is 0 Å². The molecular weight excluding hydrogens is 549 g/mol. The molecule has 0 N–H and O–H groups in total. The first-order valence-corrected chi connectivity index (χ1v) is 10.8. The highest BCUT2D eigenvalue weighted by atomic mass is 127. The summed E-state index contributed by atoms with van der Waals surface area (Å²) < 4.78 is 18.6. The highest BCUT2D eigenvalue weighted by Gasteiger charge is 2.25. The lowest BCUT2D eigenvalue weighted by molar-refractivity contribution is -0.129. The molecule has 0 unspecified atom stereocenters. The first-order chi connectivity index (χ1) is 13.9. The highest BCUT2D eigenvalue weighted by Crippen LogP contribution is 2.38. The number of carbonyl (C=O) groups excluding carboxylic acids is 1. The van der Waals surface area contributed by atoms with E-state index in [0.717, 1.165) is 20.3 Å². The third kappa shape index (κ3) is 5.08. The van der Waals surface area contributed by atoms with Crippen molar-refractivity contribution in [3.8, 4) is 11.5 Å². The number of aryl methyl sites for hydroxylation is 1. The van der Waals surface area contributed by atoms with Crippen molar-refractivity contribution in [2.45, 2.75) is 13.8 Å². The number of benzene rings is 2. The van der Waals surface area contributed by atoms with Crippen LogP contribution in [-0.2, 0) is 9.53 Å². The summed E-state index contributed by atoms with van der Waals surface area (Å²) in [7, 11) is 0. The number of halogens is 2. The minimum absolute atomic E-state index is 0.227. The fraction of sp³-hybridized carbons (Fsp3) is 0.182. The van der Waals surface area contributed by atoms with Crippen molar-refractivity contribution in [2.24, 2.45) is 4.99 Å². The zero-order valence-corrected chi connectivity index (χ0v) is 19.7. The molecule has 0 atom stereocenters. The van der Waals surface area contributed by atoms with Crippen LogP contribution in [0.15, 0.2) is 58.1 Å². The molecular formula is C22H19BrINO4. The van der Waals surface area contributed by atoms with Gasteiger partial charge >= 0.3 is 5.97 Å². The Morgan fingerprint density at radius 1 is 1.28 bits per heavy atom. The third-order valence-corrected chi connectivity index (χ3v) is 5.81. The maximum atomic E-state index is 12.3. The van der Waals surface area contributed by atoms with Crippen LogP contribution in [0.3, 0.4) is 0 Å². The van der Waals surface area contributed by atoms with E-state index in [1.165, 1.54) is 0 Å². The Kier molecular flexibility index (Phi) is 7.13. The van der Waals surface area contributed by atoms with Gasteiger partial charge in [-0.2, -0.15) is 0 Å². The van der Waals surface area contributed by atoms with Crippen LogP contribution in [0.1, 0.15) is 23.6 Å². The molecule has 0 aromatic heterocycles. The molecule has 1 aliphatic rings. The predicted molar refractivity (Wildman–Crippen MR) is 126 cm³/mol. The summed E-state index contributed by atoms with van der Waals surface area (Å²) in [6.45, 7) is 8.39. The predicted octanol–water partition coefficient (Wildman–Crippen LogP) is 5.67. The van der Waals surface area contributed by atoms with Gasteiger partial charge in [-0.3, -0.25) is 0 Å². The zero-order chi connectivity index (χ0) is 21.0. The Bertz CT molecular complexity index is 1030. The fourth-order valence-corrected chi connectivity index (χ4v) is 3.59. The lowest BCUT2D eigenvalue weighted by Gasteiger charge is -2.13. The van der Waals surface area contributed by atoms with Crippen LogP contribution in [0, 0.1) is 10.5 Å². The number of nitrogens with zero attached hydrogens (tertiary/aromatic N) is 1. The van der Waals surface area contributed by atoms with Crippen LogP contribution in [0.2, 0.25) is 0 Å². The van der Waals surface area contributed by atoms with E-state index in [-0.39, 0.29) is 5.70 Å². The Labute approximate surface area is 191 Å². The Morgan fingerprint density at radius 3 is 2.76 bits per heavy atom. The van der Waals surface area contributed by atoms with E-state index >= 15 is 0 Å². The molecule has 0 radical (unpaired) electrons. The number of aliphatic imine (C=N–C) groups is 1. The standard InChI is InChI=1S/C22H19BrINO4/c1-4-8-28-20-16(23)10-14(12-19(20)27-5-2)11-18-22(26)29-21(25-18)15-6-7-17(24)13(3)9-15/h4,6-7,9-12H,1,5,8H2,2-3H3/b18-11-. The Morgan fingerprint density at radius 2 is 2.07 bits per heavy atom. The lowest BCUT2D eigenvalue weighted by Crippen LogP contribution is -2.05. The van der Waals surface area contributed by atoms with E-state index in [1.54, 1.807) is 18.2 Å². The molecule has 3 rings (SSSR count). The molecule has 0 saturated heterocycles. The lowest BCUT2D eigenvalue weighted by atomic mass is 10.1. The van der Waals surface area contributed by atoms with E-state index in [4.69, 9.17) is 14.2 Å². The highest BCUT2D eigenvalue weighted by molar-refractivity contribution is 14.1. The number of rotatable bonds is 7. The summed E-state index contributed by atoms with van der Waals surface area (Å²) in [5.74, 6) is 0.967. The Balaban J connectivity index is 1.96. The van der Waals surface area contributed by atoms with Gasteiger partial charge in [-0.15, -0.1) is 0 Å². The van der Waals surface area contributed by atoms with Gasteiger partial charge in [-0.25, -0.2) is 9.79 Å². The summed E-state index contributed by atoms with van der Waals surface area (Å²) in [6.07, 6.45) is 3.33. The second-order valence-electron chi connectivity index (χ2n) is 6.16. The molecule has 0 amide bonds. The second kappa shape index (κ2) is 9.58. The minimum atomic E-state index is -0.489. The quantitative estimate of drug-likeness (QED) is 0.187. The normalized spacial score (nSPS) is 14.6. The van der Waals surface area contributed by atoms with Crippen molar-refractivity contribution in [3.05, 3.63) is 73.4 Å². The summed E-state index contributed by atoms with van der Waals surface area (Å²) in [6, 6.07) is 9.45. The van der Waals surface area contributed by atoms with Gasteiger partial charge in [0.1, 0.15) is 6.61 Å². The molecule has 1 heterocycles. The smallest absolute Gasteiger partial charge is 0.363 e. The maximum Gasteiger partial charge on any atom is 0.363 e. The molecule has 0 saturated carbocycles. The number of esters is 1. The summed E-state index contributed by atoms with van der Waals surface area (Å²) in [4.78, 5) is 16.7. The van der Waals surface area contributed by atoms with E-state index < -0.39 is 5.97 Å². The third-order valence-electron chi connectivity index (χ3n) is 4.01. The van der Waals surface area contributed by atoms with Gasteiger partial charge in [0.05, 0.1) is 11.1 Å². The molecule has 2 aromatic carbocycles. The summed E-state index contributed by atoms with van der Waals surface area (Å²) >= 11 is 5.76. The van der Waals surface area contributed by atoms with Gasteiger partial charge in [0, 0.05) is 9.13 Å². The number of hydrogen-bond donors (Lipinski definition) is 0. The monoisotopic (exact) mass is 567 g/mol. The van der Waals surface area contributed by atoms with E-state index in [0.29, 0.717) is 35.1 Å². The average molecular weight is 568 g/mol. The van der Waals surface area contributed by atoms with Gasteiger partial charge in [0.15, 0.2) is 17.2 Å². The Hall–Kier alpha value is -2.13. The van der Waals surface area contributed by atoms with E-state index in [1.807, 2.05) is 38.1 Å². The molecule has 0 aliphatic carbocycles. The number of hydrogen-bond acceptors (Lipinski definition) is 5. The number of carbonyl (C=O) groups is 1. The molecule has 150 valence electrons. The van der Waals surface area contributed by atoms with Crippen LogP contribution in [0.25, 0.3) is 6.08 Å². The van der Waals surface area contributed by atoms with Crippen LogP contribution in [0.5, 0.6) is 11.5 Å². The number of cyclic esters (lactones) is 1. The van der Waals surface area contributed by atoms with Gasteiger partial charge < -0.3 is 14.2 Å². The first kappa shape index (κ1) is 21.6. The molecule has 7 heteroatoms. The van der Waals surface area contributed by atoms with Crippen molar-refractivity contribution >= 4 is 56.5 Å². The molecule has 5 nitrogen and oxygen atoms in total. The van der Waals surface area contributed by atoms with Crippen LogP contribution < -0.4 is 9.47 Å². The molecule has 0 spiro atoms. The number of ether oxygens (including phenoxy) is 3. The maximum absolute atomic E-state index is 12.3.